The first-order valence-corrected chi connectivity index (χ1v) is 12.2. The normalized spacial score (nSPS) is 10.8. The maximum atomic E-state index is 13.9. The molecule has 6 heteroatoms. The van der Waals surface area contributed by atoms with Gasteiger partial charge in [-0.2, -0.15) is 0 Å². The van der Waals surface area contributed by atoms with E-state index in [1.54, 1.807) is 19.1 Å². The van der Waals surface area contributed by atoms with Crippen LogP contribution in [-0.2, 0) is 13.0 Å². The molecule has 0 N–H and O–H groups in total. The van der Waals surface area contributed by atoms with E-state index in [9.17, 15) is 4.79 Å². The fraction of sp³-hybridized carbons (Fsp3) is 0.233. The summed E-state index contributed by atoms with van der Waals surface area (Å²) in [5, 5.41) is 0.667. The van der Waals surface area contributed by atoms with Crippen molar-refractivity contribution in [2.45, 2.75) is 19.9 Å². The van der Waals surface area contributed by atoms with Gasteiger partial charge in [0.1, 0.15) is 5.69 Å². The van der Waals surface area contributed by atoms with E-state index < -0.39 is 0 Å². The second-order valence-electron chi connectivity index (χ2n) is 8.82. The summed E-state index contributed by atoms with van der Waals surface area (Å²) in [5.41, 5.74) is 5.84. The Labute approximate surface area is 217 Å². The van der Waals surface area contributed by atoms with Crippen LogP contribution in [0.3, 0.4) is 0 Å². The Morgan fingerprint density at radius 1 is 0.917 bits per heavy atom. The lowest BCUT2D eigenvalue weighted by atomic mass is 10.0. The molecule has 3 aromatic carbocycles. The largest absolute Gasteiger partial charge is 0.493 e. The van der Waals surface area contributed by atoms with Crippen molar-refractivity contribution in [2.75, 3.05) is 27.8 Å². The Morgan fingerprint density at radius 3 is 2.28 bits per heavy atom. The molecule has 1 aromatic heterocycles. The fourth-order valence-electron chi connectivity index (χ4n) is 4.42. The molecule has 0 saturated carbocycles. The third kappa shape index (κ3) is 5.58. The van der Waals surface area contributed by atoms with Crippen LogP contribution in [0.25, 0.3) is 11.1 Å². The van der Waals surface area contributed by atoms with Crippen LogP contribution in [0.4, 0.5) is 0 Å². The number of benzene rings is 3. The van der Waals surface area contributed by atoms with Gasteiger partial charge in [0.2, 0.25) is 0 Å². The molecule has 0 saturated heterocycles. The summed E-state index contributed by atoms with van der Waals surface area (Å²) in [6, 6.07) is 23.7. The van der Waals surface area contributed by atoms with Crippen molar-refractivity contribution >= 4 is 17.5 Å². The van der Waals surface area contributed by atoms with Crippen LogP contribution in [0.2, 0.25) is 5.02 Å². The first-order valence-electron chi connectivity index (χ1n) is 11.9. The number of rotatable bonds is 9. The molecule has 0 spiro atoms. The Balaban J connectivity index is 1.64. The van der Waals surface area contributed by atoms with Gasteiger partial charge in [-0.15, -0.1) is 0 Å². The lowest BCUT2D eigenvalue weighted by Crippen LogP contribution is -2.31. The summed E-state index contributed by atoms with van der Waals surface area (Å²) in [6.07, 6.45) is 2.75. The number of ether oxygens (including phenoxy) is 2. The van der Waals surface area contributed by atoms with Crippen LogP contribution >= 0.6 is 11.6 Å². The second kappa shape index (κ2) is 11.4. The topological polar surface area (TPSA) is 43.7 Å². The maximum absolute atomic E-state index is 13.9. The highest BCUT2D eigenvalue weighted by molar-refractivity contribution is 6.30. The van der Waals surface area contributed by atoms with E-state index in [1.807, 2.05) is 74.6 Å². The molecule has 4 rings (SSSR count). The van der Waals surface area contributed by atoms with Crippen molar-refractivity contribution in [1.29, 1.82) is 0 Å². The molecule has 0 atom stereocenters. The van der Waals surface area contributed by atoms with Gasteiger partial charge in [-0.25, -0.2) is 0 Å². The Kier molecular flexibility index (Phi) is 8.01. The standard InChI is InChI=1S/C30H31ClN2O3/c1-21-19-33(20-23-8-6-5-7-9-23)29(28(21)24-11-13-25(31)14-12-24)30(34)32(2)17-16-22-10-15-26(35-3)27(18-22)36-4/h5-15,18-19H,16-17,20H2,1-4H3. The predicted octanol–water partition coefficient (Wildman–Crippen LogP) is 6.50. The van der Waals surface area contributed by atoms with E-state index in [0.717, 1.165) is 27.8 Å². The van der Waals surface area contributed by atoms with Gasteiger partial charge in [-0.05, 0) is 59.9 Å². The van der Waals surface area contributed by atoms with Crippen LogP contribution in [0.15, 0.2) is 79.0 Å². The Hall–Kier alpha value is -3.70. The van der Waals surface area contributed by atoms with Crippen molar-refractivity contribution in [3.8, 4) is 22.6 Å². The van der Waals surface area contributed by atoms with Crippen LogP contribution < -0.4 is 9.47 Å². The van der Waals surface area contributed by atoms with Gasteiger partial charge in [0.15, 0.2) is 11.5 Å². The molecule has 0 aliphatic heterocycles. The summed E-state index contributed by atoms with van der Waals surface area (Å²) >= 11 is 6.15. The SMILES string of the molecule is COc1ccc(CCN(C)C(=O)c2c(-c3ccc(Cl)cc3)c(C)cn2Cc2ccccc2)cc1OC. The highest BCUT2D eigenvalue weighted by atomic mass is 35.5. The maximum Gasteiger partial charge on any atom is 0.270 e. The van der Waals surface area contributed by atoms with Crippen molar-refractivity contribution < 1.29 is 14.3 Å². The smallest absolute Gasteiger partial charge is 0.270 e. The zero-order valence-corrected chi connectivity index (χ0v) is 21.9. The van der Waals surface area contributed by atoms with Crippen LogP contribution in [-0.4, -0.2) is 43.2 Å². The lowest BCUT2D eigenvalue weighted by molar-refractivity contribution is 0.0787. The number of amides is 1. The molecule has 36 heavy (non-hydrogen) atoms. The molecular formula is C30H31ClN2O3. The lowest BCUT2D eigenvalue weighted by Gasteiger charge is -2.20. The number of carbonyl (C=O) groups excluding carboxylic acids is 1. The van der Waals surface area contributed by atoms with Crippen LogP contribution in [0, 0.1) is 6.92 Å². The Bertz CT molecular complexity index is 1330. The van der Waals surface area contributed by atoms with Gasteiger partial charge in [-0.3, -0.25) is 4.79 Å². The minimum absolute atomic E-state index is 0.0237. The van der Waals surface area contributed by atoms with E-state index in [-0.39, 0.29) is 5.91 Å². The zero-order valence-electron chi connectivity index (χ0n) is 21.1. The first-order chi connectivity index (χ1) is 17.4. The van der Waals surface area contributed by atoms with E-state index in [0.29, 0.717) is 41.7 Å². The summed E-state index contributed by atoms with van der Waals surface area (Å²) in [4.78, 5) is 15.7. The molecule has 0 bridgehead atoms. The van der Waals surface area contributed by atoms with E-state index in [4.69, 9.17) is 21.1 Å². The first kappa shape index (κ1) is 25.4. The average Bonchev–Trinajstić information content (AvgIpc) is 3.22. The number of aromatic nitrogens is 1. The molecule has 1 heterocycles. The third-order valence-electron chi connectivity index (χ3n) is 6.33. The van der Waals surface area contributed by atoms with Gasteiger partial charge in [0.25, 0.3) is 5.91 Å². The number of carbonyl (C=O) groups is 1. The van der Waals surface area contributed by atoms with Gasteiger partial charge >= 0.3 is 0 Å². The number of hydrogen-bond donors (Lipinski definition) is 0. The van der Waals surface area contributed by atoms with Gasteiger partial charge in [-0.1, -0.05) is 60.1 Å². The van der Waals surface area contributed by atoms with Gasteiger partial charge < -0.3 is 18.9 Å². The van der Waals surface area contributed by atoms with Crippen molar-refractivity contribution in [3.05, 3.63) is 106 Å². The van der Waals surface area contributed by atoms with E-state index in [1.165, 1.54) is 0 Å². The molecule has 0 unspecified atom stereocenters. The minimum Gasteiger partial charge on any atom is -0.493 e. The quantitative estimate of drug-likeness (QED) is 0.262. The average molecular weight is 503 g/mol. The highest BCUT2D eigenvalue weighted by Gasteiger charge is 2.24. The highest BCUT2D eigenvalue weighted by Crippen LogP contribution is 2.32. The van der Waals surface area contributed by atoms with Gasteiger partial charge in [0.05, 0.1) is 14.2 Å². The molecule has 0 fully saturated rings. The number of halogens is 1. The van der Waals surface area contributed by atoms with Crippen LogP contribution in [0.1, 0.15) is 27.2 Å². The van der Waals surface area contributed by atoms with Gasteiger partial charge in [0, 0.05) is 36.9 Å². The van der Waals surface area contributed by atoms with Crippen molar-refractivity contribution in [3.63, 3.8) is 0 Å². The molecule has 5 nitrogen and oxygen atoms in total. The molecular weight excluding hydrogens is 472 g/mol. The number of methoxy groups -OCH3 is 2. The van der Waals surface area contributed by atoms with Crippen molar-refractivity contribution in [2.24, 2.45) is 0 Å². The number of likely N-dealkylation sites (N-methyl/N-ethyl adjacent to an activating group) is 1. The van der Waals surface area contributed by atoms with Crippen molar-refractivity contribution in [1.82, 2.24) is 9.47 Å². The molecule has 0 aliphatic rings. The molecule has 0 aliphatic carbocycles. The number of nitrogens with zero attached hydrogens (tertiary/aromatic N) is 2. The summed E-state index contributed by atoms with van der Waals surface area (Å²) in [7, 11) is 5.09. The van der Waals surface area contributed by atoms with E-state index in [2.05, 4.69) is 22.9 Å². The second-order valence-corrected chi connectivity index (χ2v) is 9.26. The van der Waals surface area contributed by atoms with E-state index >= 15 is 0 Å². The monoisotopic (exact) mass is 502 g/mol. The summed E-state index contributed by atoms with van der Waals surface area (Å²) in [6.45, 7) is 3.22. The molecule has 4 aromatic rings. The zero-order chi connectivity index (χ0) is 25.7. The molecule has 186 valence electrons. The molecule has 1 amide bonds. The molecule has 0 radical (unpaired) electrons. The van der Waals surface area contributed by atoms with Crippen LogP contribution in [0.5, 0.6) is 11.5 Å². The fourth-order valence-corrected chi connectivity index (χ4v) is 4.55. The number of aryl methyl sites for hydroxylation is 1. The summed E-state index contributed by atoms with van der Waals surface area (Å²) in [5.74, 6) is 1.35. The minimum atomic E-state index is -0.0237. The number of hydrogen-bond acceptors (Lipinski definition) is 3. The summed E-state index contributed by atoms with van der Waals surface area (Å²) < 4.78 is 12.8. The third-order valence-corrected chi connectivity index (χ3v) is 6.58. The Morgan fingerprint density at radius 2 is 1.61 bits per heavy atom. The predicted molar refractivity (Wildman–Crippen MR) is 145 cm³/mol.